The fourth-order valence-corrected chi connectivity index (χ4v) is 2.14. The van der Waals surface area contributed by atoms with Gasteiger partial charge in [0.1, 0.15) is 0 Å². The van der Waals surface area contributed by atoms with Crippen LogP contribution < -0.4 is 0 Å². The van der Waals surface area contributed by atoms with Crippen LogP contribution in [0.25, 0.3) is 0 Å². The highest BCUT2D eigenvalue weighted by molar-refractivity contribution is 6.20. The number of rotatable bonds is 10. The first kappa shape index (κ1) is 17.1. The summed E-state index contributed by atoms with van der Waals surface area (Å²) in [5, 5.41) is 0.502. The van der Waals surface area contributed by atoms with Crippen LogP contribution in [0, 0.1) is 0 Å². The van der Waals surface area contributed by atoms with Crippen LogP contribution in [0.3, 0.4) is 0 Å². The molecule has 0 rings (SSSR count). The summed E-state index contributed by atoms with van der Waals surface area (Å²) in [5.41, 5.74) is 0. The fraction of sp³-hybridized carbons (Fsp3) is 0.923. The predicted octanol–water partition coefficient (Wildman–Crippen LogP) is 4.51. The number of unbranched alkanes of at least 4 members (excludes halogenated alkanes) is 2. The van der Waals surface area contributed by atoms with E-state index in [1.165, 1.54) is 7.11 Å². The molecule has 0 N–H and O–H groups in total. The third-order valence-corrected chi connectivity index (χ3v) is 3.40. The summed E-state index contributed by atoms with van der Waals surface area (Å²) in [6.07, 6.45) is 7.75. The van der Waals surface area contributed by atoms with Gasteiger partial charge in [-0.2, -0.15) is 0 Å². The molecule has 0 aromatic heterocycles. The van der Waals surface area contributed by atoms with Gasteiger partial charge in [-0.3, -0.25) is 4.79 Å². The molecule has 0 spiro atoms. The molecule has 4 heteroatoms. The van der Waals surface area contributed by atoms with Gasteiger partial charge in [0.2, 0.25) is 0 Å². The molecular formula is C13H24Cl2O2. The Morgan fingerprint density at radius 1 is 1.06 bits per heavy atom. The summed E-state index contributed by atoms with van der Waals surface area (Å²) < 4.78 is 4.57. The minimum absolute atomic E-state index is 0.132. The molecular weight excluding hydrogens is 259 g/mol. The van der Waals surface area contributed by atoms with Gasteiger partial charge in [-0.25, -0.2) is 0 Å². The minimum Gasteiger partial charge on any atom is -0.469 e. The second-order valence-corrected chi connectivity index (χ2v) is 5.85. The summed E-state index contributed by atoms with van der Waals surface area (Å²) in [5.74, 6) is -0.132. The molecule has 0 amide bonds. The van der Waals surface area contributed by atoms with Crippen molar-refractivity contribution >= 4 is 29.2 Å². The SMILES string of the molecule is COC(=O)CCCCC(Cl)CCCCC(C)Cl. The van der Waals surface area contributed by atoms with Crippen molar-refractivity contribution in [2.75, 3.05) is 7.11 Å². The Balaban J connectivity index is 3.28. The molecule has 0 aliphatic heterocycles. The quantitative estimate of drug-likeness (QED) is 0.335. The summed E-state index contributed by atoms with van der Waals surface area (Å²) >= 11 is 12.1. The van der Waals surface area contributed by atoms with Crippen LogP contribution in [0.1, 0.15) is 58.3 Å². The summed E-state index contributed by atoms with van der Waals surface area (Å²) in [6.45, 7) is 2.02. The Morgan fingerprint density at radius 2 is 1.59 bits per heavy atom. The maximum Gasteiger partial charge on any atom is 0.305 e. The zero-order valence-electron chi connectivity index (χ0n) is 10.9. The Kier molecular flexibility index (Phi) is 11.2. The molecule has 0 heterocycles. The Bertz CT molecular complexity index is 196. The maximum absolute atomic E-state index is 10.9. The number of alkyl halides is 2. The molecule has 0 aromatic rings. The number of carbonyl (C=O) groups excluding carboxylic acids is 1. The first-order valence-corrected chi connectivity index (χ1v) is 7.28. The highest BCUT2D eigenvalue weighted by Gasteiger charge is 2.06. The van der Waals surface area contributed by atoms with Gasteiger partial charge in [0.25, 0.3) is 0 Å². The third-order valence-electron chi connectivity index (χ3n) is 2.75. The van der Waals surface area contributed by atoms with E-state index in [9.17, 15) is 4.79 Å². The fourth-order valence-electron chi connectivity index (χ4n) is 1.67. The molecule has 0 aliphatic rings. The Labute approximate surface area is 115 Å². The van der Waals surface area contributed by atoms with Crippen molar-refractivity contribution in [3.05, 3.63) is 0 Å². The van der Waals surface area contributed by atoms with Gasteiger partial charge in [-0.05, 0) is 32.6 Å². The van der Waals surface area contributed by atoms with Gasteiger partial charge in [-0.15, -0.1) is 23.2 Å². The number of ether oxygens (including phenoxy) is 1. The van der Waals surface area contributed by atoms with Gasteiger partial charge in [0.05, 0.1) is 7.11 Å². The number of halogens is 2. The van der Waals surface area contributed by atoms with Gasteiger partial charge < -0.3 is 4.74 Å². The number of hydrogen-bond donors (Lipinski definition) is 0. The molecule has 0 saturated heterocycles. The van der Waals surface area contributed by atoms with Crippen molar-refractivity contribution in [3.8, 4) is 0 Å². The molecule has 0 fully saturated rings. The van der Waals surface area contributed by atoms with Crippen LogP contribution in [0.4, 0.5) is 0 Å². The molecule has 2 unspecified atom stereocenters. The molecule has 2 atom stereocenters. The lowest BCUT2D eigenvalue weighted by molar-refractivity contribution is -0.140. The maximum atomic E-state index is 10.9. The predicted molar refractivity (Wildman–Crippen MR) is 73.9 cm³/mol. The highest BCUT2D eigenvalue weighted by Crippen LogP contribution is 2.17. The topological polar surface area (TPSA) is 26.3 Å². The van der Waals surface area contributed by atoms with E-state index in [4.69, 9.17) is 23.2 Å². The minimum atomic E-state index is -0.132. The molecule has 0 radical (unpaired) electrons. The van der Waals surface area contributed by atoms with Gasteiger partial charge in [0, 0.05) is 17.2 Å². The zero-order valence-corrected chi connectivity index (χ0v) is 12.4. The summed E-state index contributed by atoms with van der Waals surface area (Å²) in [4.78, 5) is 10.9. The van der Waals surface area contributed by atoms with E-state index in [-0.39, 0.29) is 16.7 Å². The average molecular weight is 283 g/mol. The smallest absolute Gasteiger partial charge is 0.305 e. The number of hydrogen-bond acceptors (Lipinski definition) is 2. The van der Waals surface area contributed by atoms with Crippen LogP contribution in [0.2, 0.25) is 0 Å². The molecule has 0 saturated carbocycles. The van der Waals surface area contributed by atoms with Crippen molar-refractivity contribution in [3.63, 3.8) is 0 Å². The summed E-state index contributed by atoms with van der Waals surface area (Å²) in [6, 6.07) is 0. The Morgan fingerprint density at radius 3 is 2.12 bits per heavy atom. The van der Waals surface area contributed by atoms with Crippen molar-refractivity contribution in [2.24, 2.45) is 0 Å². The molecule has 0 aromatic carbocycles. The first-order valence-electron chi connectivity index (χ1n) is 6.41. The van der Waals surface area contributed by atoms with Crippen molar-refractivity contribution in [1.82, 2.24) is 0 Å². The van der Waals surface area contributed by atoms with Crippen molar-refractivity contribution in [2.45, 2.75) is 69.0 Å². The van der Waals surface area contributed by atoms with E-state index in [1.54, 1.807) is 0 Å². The van der Waals surface area contributed by atoms with Crippen molar-refractivity contribution < 1.29 is 9.53 Å². The van der Waals surface area contributed by atoms with E-state index in [2.05, 4.69) is 4.74 Å². The normalized spacial score (nSPS) is 14.4. The number of carbonyl (C=O) groups is 1. The largest absolute Gasteiger partial charge is 0.469 e. The lowest BCUT2D eigenvalue weighted by Crippen LogP contribution is -2.02. The van der Waals surface area contributed by atoms with E-state index in [0.717, 1.165) is 44.9 Å². The number of esters is 1. The van der Waals surface area contributed by atoms with Crippen LogP contribution >= 0.6 is 23.2 Å². The van der Waals surface area contributed by atoms with Crippen LogP contribution in [-0.2, 0) is 9.53 Å². The van der Waals surface area contributed by atoms with E-state index in [1.807, 2.05) is 6.92 Å². The van der Waals surface area contributed by atoms with E-state index in [0.29, 0.717) is 6.42 Å². The van der Waals surface area contributed by atoms with Gasteiger partial charge in [-0.1, -0.05) is 19.3 Å². The highest BCUT2D eigenvalue weighted by atomic mass is 35.5. The van der Waals surface area contributed by atoms with Crippen LogP contribution in [0.15, 0.2) is 0 Å². The van der Waals surface area contributed by atoms with Gasteiger partial charge >= 0.3 is 5.97 Å². The van der Waals surface area contributed by atoms with E-state index < -0.39 is 0 Å². The lowest BCUT2D eigenvalue weighted by atomic mass is 10.1. The third kappa shape index (κ3) is 12.3. The van der Waals surface area contributed by atoms with E-state index >= 15 is 0 Å². The first-order chi connectivity index (χ1) is 8.06. The molecule has 0 aliphatic carbocycles. The second kappa shape index (κ2) is 11.2. The second-order valence-electron chi connectivity index (χ2n) is 4.48. The number of methoxy groups -OCH3 is 1. The van der Waals surface area contributed by atoms with Crippen LogP contribution in [0.5, 0.6) is 0 Å². The molecule has 102 valence electrons. The summed E-state index contributed by atoms with van der Waals surface area (Å²) in [7, 11) is 1.42. The van der Waals surface area contributed by atoms with Crippen molar-refractivity contribution in [1.29, 1.82) is 0 Å². The zero-order chi connectivity index (χ0) is 13.1. The van der Waals surface area contributed by atoms with Gasteiger partial charge in [0.15, 0.2) is 0 Å². The Hall–Kier alpha value is 0.0500. The monoisotopic (exact) mass is 282 g/mol. The molecule has 17 heavy (non-hydrogen) atoms. The molecule has 0 bridgehead atoms. The molecule has 2 nitrogen and oxygen atoms in total. The lowest BCUT2D eigenvalue weighted by Gasteiger charge is -2.09. The van der Waals surface area contributed by atoms with Crippen LogP contribution in [-0.4, -0.2) is 23.8 Å². The average Bonchev–Trinajstić information content (AvgIpc) is 2.29. The standard InChI is InChI=1S/C13H24Cl2O2/c1-11(14)7-3-4-8-12(15)9-5-6-10-13(16)17-2/h11-12H,3-10H2,1-2H3.